The van der Waals surface area contributed by atoms with Crippen LogP contribution >= 0.6 is 0 Å². The van der Waals surface area contributed by atoms with Gasteiger partial charge >= 0.3 is 11.6 Å². The lowest BCUT2D eigenvalue weighted by atomic mass is 10.1. The van der Waals surface area contributed by atoms with Gasteiger partial charge in [0.05, 0.1) is 0 Å². The van der Waals surface area contributed by atoms with Gasteiger partial charge in [-0.2, -0.15) is 0 Å². The molecule has 0 radical (unpaired) electrons. The lowest BCUT2D eigenvalue weighted by molar-refractivity contribution is -0.139. The Morgan fingerprint density at radius 1 is 1.27 bits per heavy atom. The van der Waals surface area contributed by atoms with Gasteiger partial charge in [0.15, 0.2) is 0 Å². The van der Waals surface area contributed by atoms with Gasteiger partial charge in [0.2, 0.25) is 0 Å². The van der Waals surface area contributed by atoms with E-state index in [2.05, 4.69) is 6.58 Å². The molecule has 1 aromatic heterocycles. The zero-order valence-corrected chi connectivity index (χ0v) is 12.7. The van der Waals surface area contributed by atoms with Crippen LogP contribution in [0.4, 0.5) is 0 Å². The molecule has 0 atom stereocenters. The Bertz CT molecular complexity index is 757. The summed E-state index contributed by atoms with van der Waals surface area (Å²) < 4.78 is 15.6. The van der Waals surface area contributed by atoms with Crippen LogP contribution in [0.2, 0.25) is 0 Å². The monoisotopic (exact) mass is 302 g/mol. The fraction of sp³-hybridized carbons (Fsp3) is 0.294. The maximum atomic E-state index is 11.5. The molecule has 0 amide bonds. The topological polar surface area (TPSA) is 65.7 Å². The number of carbonyl (C=O) groups is 1. The number of fused-ring (bicyclic) bond motifs is 1. The molecule has 0 aliphatic heterocycles. The number of hydrogen-bond acceptors (Lipinski definition) is 5. The SMILES string of the molecule is C=C(C)C(=O)OCCOc1ccc2c(CC)cc(=O)oc2c1. The van der Waals surface area contributed by atoms with Crippen LogP contribution in [0.1, 0.15) is 19.4 Å². The van der Waals surface area contributed by atoms with Crippen molar-refractivity contribution < 1.29 is 18.7 Å². The van der Waals surface area contributed by atoms with E-state index in [0.717, 1.165) is 17.4 Å². The lowest BCUT2D eigenvalue weighted by Crippen LogP contribution is -2.12. The van der Waals surface area contributed by atoms with Crippen molar-refractivity contribution in [3.8, 4) is 5.75 Å². The summed E-state index contributed by atoms with van der Waals surface area (Å²) in [6, 6.07) is 6.81. The molecular formula is C17H18O5. The molecule has 0 saturated heterocycles. The average molecular weight is 302 g/mol. The Labute approximate surface area is 128 Å². The molecule has 1 heterocycles. The van der Waals surface area contributed by atoms with Crippen LogP contribution in [-0.4, -0.2) is 19.2 Å². The van der Waals surface area contributed by atoms with E-state index >= 15 is 0 Å². The lowest BCUT2D eigenvalue weighted by Gasteiger charge is -2.08. The van der Waals surface area contributed by atoms with Gasteiger partial charge in [-0.05, 0) is 31.0 Å². The summed E-state index contributed by atoms with van der Waals surface area (Å²) in [7, 11) is 0. The van der Waals surface area contributed by atoms with Crippen LogP contribution < -0.4 is 10.4 Å². The Balaban J connectivity index is 2.05. The van der Waals surface area contributed by atoms with Crippen LogP contribution in [0.5, 0.6) is 5.75 Å². The molecule has 0 N–H and O–H groups in total. The highest BCUT2D eigenvalue weighted by Gasteiger charge is 2.06. The van der Waals surface area contributed by atoms with Gasteiger partial charge in [-0.15, -0.1) is 0 Å². The van der Waals surface area contributed by atoms with Crippen molar-refractivity contribution in [2.24, 2.45) is 0 Å². The van der Waals surface area contributed by atoms with Crippen molar-refractivity contribution in [1.82, 2.24) is 0 Å². The largest absolute Gasteiger partial charge is 0.490 e. The summed E-state index contributed by atoms with van der Waals surface area (Å²) in [5, 5.41) is 0.892. The van der Waals surface area contributed by atoms with Crippen molar-refractivity contribution in [3.63, 3.8) is 0 Å². The van der Waals surface area contributed by atoms with Crippen LogP contribution in [0.25, 0.3) is 11.0 Å². The molecule has 2 rings (SSSR count). The van der Waals surface area contributed by atoms with Crippen LogP contribution in [0, 0.1) is 0 Å². The maximum Gasteiger partial charge on any atom is 0.336 e. The molecule has 5 nitrogen and oxygen atoms in total. The number of ether oxygens (including phenoxy) is 2. The first-order valence-corrected chi connectivity index (χ1v) is 7.03. The molecule has 0 aliphatic carbocycles. The number of carbonyl (C=O) groups excluding carboxylic acids is 1. The second kappa shape index (κ2) is 6.93. The van der Waals surface area contributed by atoms with Crippen molar-refractivity contribution in [2.75, 3.05) is 13.2 Å². The van der Waals surface area contributed by atoms with Gasteiger partial charge in [0.1, 0.15) is 24.5 Å². The minimum atomic E-state index is -0.444. The Morgan fingerprint density at radius 3 is 2.73 bits per heavy atom. The van der Waals surface area contributed by atoms with Gasteiger partial charge in [0.25, 0.3) is 0 Å². The minimum absolute atomic E-state index is 0.128. The molecule has 0 saturated carbocycles. The van der Waals surface area contributed by atoms with E-state index in [1.807, 2.05) is 13.0 Å². The molecule has 0 bridgehead atoms. The van der Waals surface area contributed by atoms with Crippen molar-refractivity contribution >= 4 is 16.9 Å². The Morgan fingerprint density at radius 2 is 2.05 bits per heavy atom. The predicted octanol–water partition coefficient (Wildman–Crippen LogP) is 2.85. The first-order chi connectivity index (χ1) is 10.5. The first kappa shape index (κ1) is 15.8. The summed E-state index contributed by atoms with van der Waals surface area (Å²) in [4.78, 5) is 22.7. The molecule has 0 fully saturated rings. The molecule has 1 aromatic carbocycles. The van der Waals surface area contributed by atoms with Gasteiger partial charge in [0, 0.05) is 23.1 Å². The summed E-state index contributed by atoms with van der Waals surface area (Å²) in [6.45, 7) is 7.40. The van der Waals surface area contributed by atoms with E-state index in [-0.39, 0.29) is 18.8 Å². The van der Waals surface area contributed by atoms with Crippen molar-refractivity contribution in [1.29, 1.82) is 0 Å². The fourth-order valence-electron chi connectivity index (χ4n) is 2.01. The zero-order chi connectivity index (χ0) is 16.1. The van der Waals surface area contributed by atoms with Gasteiger partial charge in [-0.3, -0.25) is 0 Å². The van der Waals surface area contributed by atoms with Gasteiger partial charge < -0.3 is 13.9 Å². The minimum Gasteiger partial charge on any atom is -0.490 e. The number of aryl methyl sites for hydroxylation is 1. The molecule has 2 aromatic rings. The third-order valence-corrected chi connectivity index (χ3v) is 3.12. The molecule has 0 spiro atoms. The van der Waals surface area contributed by atoms with E-state index in [1.165, 1.54) is 6.07 Å². The number of hydrogen-bond donors (Lipinski definition) is 0. The Hall–Kier alpha value is -2.56. The summed E-state index contributed by atoms with van der Waals surface area (Å²) >= 11 is 0. The van der Waals surface area contributed by atoms with Crippen LogP contribution in [-0.2, 0) is 16.0 Å². The van der Waals surface area contributed by atoms with E-state index < -0.39 is 5.97 Å². The summed E-state index contributed by atoms with van der Waals surface area (Å²) in [5.41, 5.74) is 1.39. The quantitative estimate of drug-likeness (QED) is 0.355. The maximum absolute atomic E-state index is 11.5. The summed E-state index contributed by atoms with van der Waals surface area (Å²) in [6.07, 6.45) is 0.749. The van der Waals surface area contributed by atoms with Crippen LogP contribution in [0.15, 0.2) is 45.6 Å². The van der Waals surface area contributed by atoms with E-state index in [0.29, 0.717) is 16.9 Å². The van der Waals surface area contributed by atoms with E-state index in [1.54, 1.807) is 19.1 Å². The smallest absolute Gasteiger partial charge is 0.336 e. The predicted molar refractivity (Wildman–Crippen MR) is 83.1 cm³/mol. The van der Waals surface area contributed by atoms with Gasteiger partial charge in [-0.25, -0.2) is 9.59 Å². The highest BCUT2D eigenvalue weighted by atomic mass is 16.6. The molecule has 5 heteroatoms. The van der Waals surface area contributed by atoms with Gasteiger partial charge in [-0.1, -0.05) is 13.5 Å². The number of benzene rings is 1. The second-order valence-corrected chi connectivity index (χ2v) is 4.87. The standard InChI is InChI=1S/C17H18O5/c1-4-12-9-16(18)22-15-10-13(5-6-14(12)15)20-7-8-21-17(19)11(2)3/h5-6,9-10H,2,4,7-8H2,1,3H3. The Kier molecular flexibility index (Phi) is 4.99. The fourth-order valence-corrected chi connectivity index (χ4v) is 2.01. The normalized spacial score (nSPS) is 10.5. The highest BCUT2D eigenvalue weighted by molar-refractivity contribution is 5.86. The zero-order valence-electron chi connectivity index (χ0n) is 12.7. The van der Waals surface area contributed by atoms with Crippen LogP contribution in [0.3, 0.4) is 0 Å². The third-order valence-electron chi connectivity index (χ3n) is 3.12. The van der Waals surface area contributed by atoms with Crippen molar-refractivity contribution in [3.05, 3.63) is 52.4 Å². The third kappa shape index (κ3) is 3.75. The first-order valence-electron chi connectivity index (χ1n) is 7.03. The number of rotatable bonds is 6. The average Bonchev–Trinajstić information content (AvgIpc) is 2.49. The van der Waals surface area contributed by atoms with E-state index in [4.69, 9.17) is 13.9 Å². The molecular weight excluding hydrogens is 284 g/mol. The molecule has 0 aliphatic rings. The van der Waals surface area contributed by atoms with E-state index in [9.17, 15) is 9.59 Å². The molecule has 0 unspecified atom stereocenters. The van der Waals surface area contributed by atoms with Crippen molar-refractivity contribution in [2.45, 2.75) is 20.3 Å². The highest BCUT2D eigenvalue weighted by Crippen LogP contribution is 2.22. The molecule has 116 valence electrons. The molecule has 22 heavy (non-hydrogen) atoms. The second-order valence-electron chi connectivity index (χ2n) is 4.87. The number of esters is 1. The summed E-state index contributed by atoms with van der Waals surface area (Å²) in [5.74, 6) is 0.107.